The fourth-order valence-electron chi connectivity index (χ4n) is 4.37. The highest BCUT2D eigenvalue weighted by atomic mass is 32.2. The van der Waals surface area contributed by atoms with Crippen molar-refractivity contribution in [2.45, 2.75) is 50.2 Å². The number of likely N-dealkylation sites (tertiary alicyclic amines) is 1. The summed E-state index contributed by atoms with van der Waals surface area (Å²) in [7, 11) is 1.67. The Balaban J connectivity index is 1.48. The third-order valence-corrected chi connectivity index (χ3v) is 7.31. The van der Waals surface area contributed by atoms with Gasteiger partial charge in [-0.1, -0.05) is 67.2 Å². The minimum absolute atomic E-state index is 0.164. The Hall–Kier alpha value is -2.84. The van der Waals surface area contributed by atoms with Crippen molar-refractivity contribution in [2.75, 3.05) is 26.8 Å². The summed E-state index contributed by atoms with van der Waals surface area (Å²) in [5, 5.41) is 9.30. The van der Waals surface area contributed by atoms with Crippen LogP contribution in [-0.2, 0) is 22.7 Å². The molecular formula is C27H34N4O3S. The number of hydrogen-bond acceptors (Lipinski definition) is 6. The van der Waals surface area contributed by atoms with Gasteiger partial charge in [-0.2, -0.15) is 0 Å². The number of piperidine rings is 1. The van der Waals surface area contributed by atoms with Crippen LogP contribution in [0.15, 0.2) is 59.8 Å². The molecule has 1 fully saturated rings. The van der Waals surface area contributed by atoms with Crippen LogP contribution in [0.2, 0.25) is 0 Å². The molecule has 35 heavy (non-hydrogen) atoms. The van der Waals surface area contributed by atoms with Crippen LogP contribution in [0, 0.1) is 5.92 Å². The van der Waals surface area contributed by atoms with Gasteiger partial charge in [0.2, 0.25) is 5.91 Å². The van der Waals surface area contributed by atoms with Crippen molar-refractivity contribution >= 4 is 17.7 Å². The fourth-order valence-corrected chi connectivity index (χ4v) is 5.34. The number of methoxy groups -OCH3 is 1. The maximum Gasteiger partial charge on any atom is 0.235 e. The van der Waals surface area contributed by atoms with E-state index < -0.39 is 0 Å². The predicted octanol–water partition coefficient (Wildman–Crippen LogP) is 4.91. The molecule has 1 amide bonds. The van der Waals surface area contributed by atoms with Crippen molar-refractivity contribution in [3.8, 4) is 16.9 Å². The Labute approximate surface area is 211 Å². The molecule has 1 aliphatic rings. The van der Waals surface area contributed by atoms with Crippen LogP contribution in [0.5, 0.6) is 5.75 Å². The summed E-state index contributed by atoms with van der Waals surface area (Å²) in [5.41, 5.74) is 2.13. The van der Waals surface area contributed by atoms with Crippen LogP contribution in [-0.4, -0.2) is 57.6 Å². The predicted molar refractivity (Wildman–Crippen MR) is 138 cm³/mol. The number of ether oxygens (including phenoxy) is 2. The van der Waals surface area contributed by atoms with Gasteiger partial charge in [-0.25, -0.2) is 0 Å². The molecule has 0 N–H and O–H groups in total. The molecule has 0 saturated carbocycles. The van der Waals surface area contributed by atoms with E-state index in [0.29, 0.717) is 30.1 Å². The van der Waals surface area contributed by atoms with Gasteiger partial charge in [0.05, 0.1) is 11.9 Å². The molecule has 0 spiro atoms. The van der Waals surface area contributed by atoms with Gasteiger partial charge >= 0.3 is 0 Å². The molecule has 0 radical (unpaired) electrons. The number of benzene rings is 2. The lowest BCUT2D eigenvalue weighted by Gasteiger charge is -2.32. The topological polar surface area (TPSA) is 69.5 Å². The molecule has 1 saturated heterocycles. The second-order valence-electron chi connectivity index (χ2n) is 8.99. The number of carbonyl (C=O) groups excluding carboxylic acids is 1. The van der Waals surface area contributed by atoms with Crippen molar-refractivity contribution in [2.24, 2.45) is 5.92 Å². The zero-order valence-electron chi connectivity index (χ0n) is 20.7. The van der Waals surface area contributed by atoms with Crippen LogP contribution < -0.4 is 4.74 Å². The Morgan fingerprint density at radius 2 is 1.91 bits per heavy atom. The number of carbonyl (C=O) groups is 1. The van der Waals surface area contributed by atoms with Gasteiger partial charge in [0.1, 0.15) is 12.4 Å². The van der Waals surface area contributed by atoms with Crippen molar-refractivity contribution in [1.82, 2.24) is 19.7 Å². The lowest BCUT2D eigenvalue weighted by atomic mass is 10.0. The standard InChI is InChI=1S/C27H34N4O3S/c1-20-10-9-15-30(18-20)26(32)21(2)35-27-29-28-25(31(27)16-17-33-3)19-34-24-14-8-7-13-23(24)22-11-5-4-6-12-22/h4-8,11-14,20-21H,9-10,15-19H2,1-3H3/t20-,21+/m0/s1. The molecule has 2 heterocycles. The van der Waals surface area contributed by atoms with Gasteiger partial charge in [0, 0.05) is 32.3 Å². The number of thioether (sulfide) groups is 1. The van der Waals surface area contributed by atoms with Crippen LogP contribution in [0.25, 0.3) is 11.1 Å². The summed E-state index contributed by atoms with van der Waals surface area (Å²) in [6.07, 6.45) is 2.26. The highest BCUT2D eigenvalue weighted by Crippen LogP contribution is 2.31. The van der Waals surface area contributed by atoms with Crippen LogP contribution >= 0.6 is 11.8 Å². The molecule has 2 aromatic carbocycles. The summed E-state index contributed by atoms with van der Waals surface area (Å²) in [6, 6.07) is 18.2. The van der Waals surface area contributed by atoms with E-state index in [1.807, 2.05) is 52.8 Å². The largest absolute Gasteiger partial charge is 0.485 e. The third kappa shape index (κ3) is 6.44. The first-order chi connectivity index (χ1) is 17.1. The van der Waals surface area contributed by atoms with Crippen molar-refractivity contribution in [1.29, 1.82) is 0 Å². The van der Waals surface area contributed by atoms with E-state index in [2.05, 4.69) is 35.3 Å². The molecule has 0 bridgehead atoms. The Morgan fingerprint density at radius 1 is 1.14 bits per heavy atom. The maximum absolute atomic E-state index is 13.1. The molecular weight excluding hydrogens is 460 g/mol. The van der Waals surface area contributed by atoms with E-state index in [4.69, 9.17) is 9.47 Å². The molecule has 0 unspecified atom stereocenters. The number of hydrogen-bond donors (Lipinski definition) is 0. The van der Waals surface area contributed by atoms with Gasteiger partial charge < -0.3 is 18.9 Å². The Kier molecular flexibility index (Phi) is 8.82. The second kappa shape index (κ2) is 12.2. The molecule has 186 valence electrons. The van der Waals surface area contributed by atoms with Crippen molar-refractivity contribution in [3.63, 3.8) is 0 Å². The SMILES string of the molecule is COCCn1c(COc2ccccc2-c2ccccc2)nnc1S[C@H](C)C(=O)N1CCC[C@H](C)C1. The summed E-state index contributed by atoms with van der Waals surface area (Å²) in [4.78, 5) is 15.1. The first kappa shape index (κ1) is 25.3. The monoisotopic (exact) mass is 494 g/mol. The minimum Gasteiger partial charge on any atom is -0.485 e. The molecule has 3 aromatic rings. The highest BCUT2D eigenvalue weighted by Gasteiger charge is 2.27. The minimum atomic E-state index is -0.238. The average Bonchev–Trinajstić information content (AvgIpc) is 3.27. The number of para-hydroxylation sites is 1. The normalized spacial score (nSPS) is 16.8. The molecule has 8 heteroatoms. The molecule has 0 aliphatic carbocycles. The number of aromatic nitrogens is 3. The van der Waals surface area contributed by atoms with Gasteiger partial charge in [0.25, 0.3) is 0 Å². The first-order valence-electron chi connectivity index (χ1n) is 12.2. The van der Waals surface area contributed by atoms with Crippen LogP contribution in [0.1, 0.15) is 32.5 Å². The first-order valence-corrected chi connectivity index (χ1v) is 13.1. The Morgan fingerprint density at radius 3 is 2.69 bits per heavy atom. The van der Waals surface area contributed by atoms with Crippen LogP contribution in [0.4, 0.5) is 0 Å². The molecule has 1 aromatic heterocycles. The summed E-state index contributed by atoms with van der Waals surface area (Å²) >= 11 is 1.45. The van der Waals surface area contributed by atoms with E-state index in [9.17, 15) is 4.79 Å². The molecule has 1 aliphatic heterocycles. The molecule has 7 nitrogen and oxygen atoms in total. The van der Waals surface area contributed by atoms with E-state index in [1.165, 1.54) is 18.2 Å². The highest BCUT2D eigenvalue weighted by molar-refractivity contribution is 8.00. The Bertz CT molecular complexity index is 1100. The van der Waals surface area contributed by atoms with E-state index in [1.54, 1.807) is 7.11 Å². The second-order valence-corrected chi connectivity index (χ2v) is 10.3. The number of nitrogens with zero attached hydrogens (tertiary/aromatic N) is 4. The van der Waals surface area contributed by atoms with Gasteiger partial charge in [-0.05, 0) is 37.3 Å². The van der Waals surface area contributed by atoms with Gasteiger partial charge in [-0.15, -0.1) is 10.2 Å². The van der Waals surface area contributed by atoms with E-state index in [0.717, 1.165) is 36.4 Å². The number of rotatable bonds is 10. The number of amides is 1. The zero-order valence-corrected chi connectivity index (χ0v) is 21.5. The quantitative estimate of drug-likeness (QED) is 0.373. The lowest BCUT2D eigenvalue weighted by Crippen LogP contribution is -2.42. The summed E-state index contributed by atoms with van der Waals surface area (Å²) < 4.78 is 13.5. The average molecular weight is 495 g/mol. The molecule has 4 rings (SSSR count). The van der Waals surface area contributed by atoms with E-state index in [-0.39, 0.29) is 17.8 Å². The van der Waals surface area contributed by atoms with Crippen LogP contribution in [0.3, 0.4) is 0 Å². The van der Waals surface area contributed by atoms with Crippen molar-refractivity contribution < 1.29 is 14.3 Å². The maximum atomic E-state index is 13.1. The van der Waals surface area contributed by atoms with E-state index >= 15 is 0 Å². The summed E-state index contributed by atoms with van der Waals surface area (Å²) in [6.45, 7) is 7.21. The fraction of sp³-hybridized carbons (Fsp3) is 0.444. The van der Waals surface area contributed by atoms with Gasteiger partial charge in [-0.3, -0.25) is 4.79 Å². The molecule has 2 atom stereocenters. The third-order valence-electron chi connectivity index (χ3n) is 6.24. The van der Waals surface area contributed by atoms with Gasteiger partial charge in [0.15, 0.2) is 11.0 Å². The van der Waals surface area contributed by atoms with Crippen molar-refractivity contribution in [3.05, 3.63) is 60.4 Å². The zero-order chi connectivity index (χ0) is 24.6. The lowest BCUT2D eigenvalue weighted by molar-refractivity contribution is -0.132. The smallest absolute Gasteiger partial charge is 0.235 e. The summed E-state index contributed by atoms with van der Waals surface area (Å²) in [5.74, 6) is 2.21.